The van der Waals surface area contributed by atoms with Crippen molar-refractivity contribution < 1.29 is 32.3 Å². The van der Waals surface area contributed by atoms with Gasteiger partial charge in [0.2, 0.25) is 0 Å². The highest BCUT2D eigenvalue weighted by atomic mass is 19.4. The van der Waals surface area contributed by atoms with Crippen LogP contribution >= 0.6 is 0 Å². The molecule has 2 aromatic rings. The topological polar surface area (TPSA) is 111 Å². The molecule has 0 spiro atoms. The number of carbonyl (C=O) groups excluding carboxylic acids is 3. The minimum absolute atomic E-state index is 0.128. The molecule has 28 heavy (non-hydrogen) atoms. The third kappa shape index (κ3) is 5.73. The molecule has 2 rings (SSSR count). The largest absolute Gasteiger partial charge is 0.449 e. The molecule has 0 unspecified atom stereocenters. The highest BCUT2D eigenvalue weighted by Crippen LogP contribution is 2.29. The predicted octanol–water partition coefficient (Wildman–Crippen LogP) is 3.38. The van der Waals surface area contributed by atoms with Gasteiger partial charge in [-0.05, 0) is 55.5 Å². The van der Waals surface area contributed by atoms with Gasteiger partial charge in [-0.3, -0.25) is 4.79 Å². The summed E-state index contributed by atoms with van der Waals surface area (Å²) in [6.07, 6.45) is -5.67. The SMILES string of the molecule is C[C@@H](OC(=O)c1ccc(NC(N)=O)cc1)C(=O)Nc1ccc(C(F)(F)F)cc1. The molecule has 3 amide bonds. The van der Waals surface area contributed by atoms with Gasteiger partial charge in [-0.2, -0.15) is 13.2 Å². The molecule has 0 aromatic heterocycles. The van der Waals surface area contributed by atoms with Crippen molar-refractivity contribution in [3.05, 3.63) is 59.7 Å². The van der Waals surface area contributed by atoms with Gasteiger partial charge in [0.15, 0.2) is 6.10 Å². The summed E-state index contributed by atoms with van der Waals surface area (Å²) in [5.74, 6) is -1.50. The van der Waals surface area contributed by atoms with Gasteiger partial charge >= 0.3 is 18.2 Å². The second-order valence-corrected chi connectivity index (χ2v) is 5.68. The Hall–Kier alpha value is -3.56. The van der Waals surface area contributed by atoms with Crippen LogP contribution in [0.4, 0.5) is 29.3 Å². The molecule has 4 N–H and O–H groups in total. The van der Waals surface area contributed by atoms with E-state index in [1.807, 2.05) is 0 Å². The fourth-order valence-electron chi connectivity index (χ4n) is 2.10. The third-order valence-electron chi connectivity index (χ3n) is 3.52. The number of carbonyl (C=O) groups is 3. The number of rotatable bonds is 5. The molecule has 0 fully saturated rings. The van der Waals surface area contributed by atoms with E-state index in [1.165, 1.54) is 31.2 Å². The molecule has 148 valence electrons. The van der Waals surface area contributed by atoms with Crippen LogP contribution in [-0.4, -0.2) is 24.0 Å². The molecule has 0 saturated heterocycles. The van der Waals surface area contributed by atoms with Gasteiger partial charge in [0.05, 0.1) is 11.1 Å². The number of nitrogens with one attached hydrogen (secondary N) is 2. The number of nitrogens with two attached hydrogens (primary N) is 1. The summed E-state index contributed by atoms with van der Waals surface area (Å²) < 4.78 is 42.6. The van der Waals surface area contributed by atoms with Crippen molar-refractivity contribution in [3.8, 4) is 0 Å². The van der Waals surface area contributed by atoms with E-state index in [-0.39, 0.29) is 11.3 Å². The zero-order valence-corrected chi connectivity index (χ0v) is 14.5. The van der Waals surface area contributed by atoms with Crippen LogP contribution in [0.2, 0.25) is 0 Å². The van der Waals surface area contributed by atoms with Gasteiger partial charge in [0.1, 0.15) is 0 Å². The lowest BCUT2D eigenvalue weighted by Gasteiger charge is -2.14. The molecule has 0 heterocycles. The van der Waals surface area contributed by atoms with Gasteiger partial charge in [0.25, 0.3) is 5.91 Å². The monoisotopic (exact) mass is 395 g/mol. The number of benzene rings is 2. The Bertz CT molecular complexity index is 865. The summed E-state index contributed by atoms with van der Waals surface area (Å²) in [4.78, 5) is 34.9. The van der Waals surface area contributed by atoms with Crippen LogP contribution < -0.4 is 16.4 Å². The van der Waals surface area contributed by atoms with Gasteiger partial charge in [-0.25, -0.2) is 9.59 Å². The lowest BCUT2D eigenvalue weighted by molar-refractivity contribution is -0.137. The van der Waals surface area contributed by atoms with Crippen molar-refractivity contribution in [1.82, 2.24) is 0 Å². The van der Waals surface area contributed by atoms with Gasteiger partial charge < -0.3 is 21.1 Å². The van der Waals surface area contributed by atoms with Crippen LogP contribution in [0.1, 0.15) is 22.8 Å². The number of halogens is 3. The average molecular weight is 395 g/mol. The summed E-state index contributed by atoms with van der Waals surface area (Å²) >= 11 is 0. The number of primary amides is 1. The van der Waals surface area contributed by atoms with E-state index in [0.29, 0.717) is 5.69 Å². The Morgan fingerprint density at radius 1 is 0.929 bits per heavy atom. The number of hydrogen-bond donors (Lipinski definition) is 3. The molecule has 7 nitrogen and oxygen atoms in total. The van der Waals surface area contributed by atoms with Crippen molar-refractivity contribution in [2.24, 2.45) is 5.73 Å². The van der Waals surface area contributed by atoms with Crippen LogP contribution in [0.5, 0.6) is 0 Å². The van der Waals surface area contributed by atoms with Gasteiger partial charge in [-0.1, -0.05) is 0 Å². The van der Waals surface area contributed by atoms with Crippen molar-refractivity contribution in [3.63, 3.8) is 0 Å². The highest BCUT2D eigenvalue weighted by molar-refractivity contribution is 5.97. The minimum atomic E-state index is -4.48. The molecule has 2 aromatic carbocycles. The molecule has 0 radical (unpaired) electrons. The molecule has 0 bridgehead atoms. The average Bonchev–Trinajstić information content (AvgIpc) is 2.61. The fraction of sp³-hybridized carbons (Fsp3) is 0.167. The highest BCUT2D eigenvalue weighted by Gasteiger charge is 2.30. The minimum Gasteiger partial charge on any atom is -0.449 e. The van der Waals surface area contributed by atoms with Crippen LogP contribution in [0.3, 0.4) is 0 Å². The Labute approximate surface area is 157 Å². The summed E-state index contributed by atoms with van der Waals surface area (Å²) in [6, 6.07) is 8.68. The van der Waals surface area contributed by atoms with E-state index in [4.69, 9.17) is 10.5 Å². The molecule has 10 heteroatoms. The number of urea groups is 1. The molecule has 0 aliphatic heterocycles. The first-order chi connectivity index (χ1) is 13.1. The number of alkyl halides is 3. The first-order valence-corrected chi connectivity index (χ1v) is 7.92. The number of anilines is 2. The number of amides is 3. The van der Waals surface area contributed by atoms with Gasteiger partial charge in [0, 0.05) is 11.4 Å². The Morgan fingerprint density at radius 3 is 1.93 bits per heavy atom. The Balaban J connectivity index is 1.94. The summed E-state index contributed by atoms with van der Waals surface area (Å²) in [5.41, 5.74) is 4.75. The third-order valence-corrected chi connectivity index (χ3v) is 3.52. The number of ether oxygens (including phenoxy) is 1. The zero-order chi connectivity index (χ0) is 20.9. The fourth-order valence-corrected chi connectivity index (χ4v) is 2.10. The van der Waals surface area contributed by atoms with E-state index < -0.39 is 35.8 Å². The van der Waals surface area contributed by atoms with Crippen molar-refractivity contribution in [2.45, 2.75) is 19.2 Å². The Kier molecular flexibility index (Phi) is 6.24. The van der Waals surface area contributed by atoms with Crippen molar-refractivity contribution in [1.29, 1.82) is 0 Å². The first kappa shape index (κ1) is 20.7. The lowest BCUT2D eigenvalue weighted by atomic mass is 10.2. The molecule has 0 saturated carbocycles. The predicted molar refractivity (Wildman–Crippen MR) is 94.6 cm³/mol. The molecular weight excluding hydrogens is 379 g/mol. The Morgan fingerprint density at radius 2 is 1.43 bits per heavy atom. The smallest absolute Gasteiger partial charge is 0.416 e. The van der Waals surface area contributed by atoms with Crippen LogP contribution in [0.25, 0.3) is 0 Å². The maximum absolute atomic E-state index is 12.5. The van der Waals surface area contributed by atoms with Crippen molar-refractivity contribution in [2.75, 3.05) is 10.6 Å². The van der Waals surface area contributed by atoms with Crippen molar-refractivity contribution >= 4 is 29.3 Å². The maximum Gasteiger partial charge on any atom is 0.416 e. The van der Waals surface area contributed by atoms with E-state index in [9.17, 15) is 27.6 Å². The second-order valence-electron chi connectivity index (χ2n) is 5.68. The summed E-state index contributed by atoms with van der Waals surface area (Å²) in [7, 11) is 0. The van der Waals surface area contributed by atoms with Crippen LogP contribution in [0.15, 0.2) is 48.5 Å². The molecule has 0 aliphatic rings. The molecular formula is C18H16F3N3O4. The zero-order valence-electron chi connectivity index (χ0n) is 14.5. The summed E-state index contributed by atoms with van der Waals surface area (Å²) in [6.45, 7) is 1.32. The number of esters is 1. The van der Waals surface area contributed by atoms with Crippen LogP contribution in [0, 0.1) is 0 Å². The van der Waals surface area contributed by atoms with Crippen LogP contribution in [-0.2, 0) is 15.7 Å². The quantitative estimate of drug-likeness (QED) is 0.674. The van der Waals surface area contributed by atoms with E-state index >= 15 is 0 Å². The second kappa shape index (κ2) is 8.42. The van der Waals surface area contributed by atoms with E-state index in [1.54, 1.807) is 0 Å². The normalized spacial score (nSPS) is 12.0. The van der Waals surface area contributed by atoms with Gasteiger partial charge in [-0.15, -0.1) is 0 Å². The number of hydrogen-bond acceptors (Lipinski definition) is 4. The van der Waals surface area contributed by atoms with E-state index in [2.05, 4.69) is 10.6 Å². The lowest BCUT2D eigenvalue weighted by Crippen LogP contribution is -2.30. The van der Waals surface area contributed by atoms with E-state index in [0.717, 1.165) is 24.3 Å². The standard InChI is InChI=1S/C18H16F3N3O4/c1-10(15(25)23-13-8-4-12(5-9-13)18(19,20)21)28-16(26)11-2-6-14(7-3-11)24-17(22)27/h2-10H,1H3,(H,23,25)(H3,22,24,27)/t10-/m1/s1. The summed E-state index contributed by atoms with van der Waals surface area (Å²) in [5, 5.41) is 4.69. The first-order valence-electron chi connectivity index (χ1n) is 7.92. The molecule has 1 atom stereocenters. The maximum atomic E-state index is 12.5. The molecule has 0 aliphatic carbocycles.